The van der Waals surface area contributed by atoms with E-state index in [0.29, 0.717) is 18.8 Å². The first-order valence-corrected chi connectivity index (χ1v) is 8.16. The lowest BCUT2D eigenvalue weighted by Crippen LogP contribution is -2.47. The molecule has 0 aromatic heterocycles. The molecule has 2 aliphatic heterocycles. The van der Waals surface area contributed by atoms with E-state index in [4.69, 9.17) is 4.74 Å². The van der Waals surface area contributed by atoms with Crippen LogP contribution < -0.4 is 20.7 Å². The van der Waals surface area contributed by atoms with Crippen molar-refractivity contribution in [3.63, 3.8) is 0 Å². The Hall–Kier alpha value is -2.08. The fourth-order valence-electron chi connectivity index (χ4n) is 3.26. The van der Waals surface area contributed by atoms with Crippen molar-refractivity contribution in [3.8, 4) is 5.75 Å². The lowest BCUT2D eigenvalue weighted by Gasteiger charge is -2.26. The summed E-state index contributed by atoms with van der Waals surface area (Å²) in [6, 6.07) is 5.74. The maximum absolute atomic E-state index is 11.9. The standard InChI is InChI=1S/C17H23N3O3/c1-23-15-10-12(11-6-8-18-9-7-11)2-3-13(15)19-14-4-5-16(21)20-17(14)22/h2-3,10-11,14,18-19H,4-9H2,1H3,(H,20,21,22). The van der Waals surface area contributed by atoms with Gasteiger partial charge in [-0.1, -0.05) is 6.07 Å². The molecule has 0 spiro atoms. The Balaban J connectivity index is 1.74. The highest BCUT2D eigenvalue weighted by molar-refractivity contribution is 6.01. The maximum atomic E-state index is 11.9. The minimum absolute atomic E-state index is 0.207. The van der Waals surface area contributed by atoms with Crippen LogP contribution in [-0.2, 0) is 9.59 Å². The molecule has 0 bridgehead atoms. The van der Waals surface area contributed by atoms with Crippen molar-refractivity contribution in [1.82, 2.24) is 10.6 Å². The number of benzene rings is 1. The summed E-state index contributed by atoms with van der Waals surface area (Å²) >= 11 is 0. The number of methoxy groups -OCH3 is 1. The number of carbonyl (C=O) groups is 2. The molecule has 1 atom stereocenters. The summed E-state index contributed by atoms with van der Waals surface area (Å²) in [5.41, 5.74) is 2.07. The van der Waals surface area contributed by atoms with Crippen LogP contribution in [-0.4, -0.2) is 38.1 Å². The van der Waals surface area contributed by atoms with Gasteiger partial charge in [0.1, 0.15) is 11.8 Å². The van der Waals surface area contributed by atoms with Gasteiger partial charge in [0.15, 0.2) is 0 Å². The molecule has 0 aliphatic carbocycles. The molecule has 2 heterocycles. The van der Waals surface area contributed by atoms with Gasteiger partial charge >= 0.3 is 0 Å². The Morgan fingerprint density at radius 2 is 1.96 bits per heavy atom. The lowest BCUT2D eigenvalue weighted by atomic mass is 9.90. The smallest absolute Gasteiger partial charge is 0.249 e. The molecule has 0 saturated carbocycles. The normalized spacial score (nSPS) is 22.6. The van der Waals surface area contributed by atoms with Gasteiger partial charge in [-0.2, -0.15) is 0 Å². The van der Waals surface area contributed by atoms with Gasteiger partial charge in [0.2, 0.25) is 11.8 Å². The number of carbonyl (C=O) groups excluding carboxylic acids is 2. The molecule has 1 aromatic rings. The van der Waals surface area contributed by atoms with Crippen molar-refractivity contribution in [2.75, 3.05) is 25.5 Å². The predicted molar refractivity (Wildman–Crippen MR) is 87.6 cm³/mol. The zero-order valence-electron chi connectivity index (χ0n) is 13.4. The molecule has 1 aromatic carbocycles. The summed E-state index contributed by atoms with van der Waals surface area (Å²) in [6.45, 7) is 2.09. The van der Waals surface area contributed by atoms with Gasteiger partial charge in [0.05, 0.1) is 12.8 Å². The predicted octanol–water partition coefficient (Wildman–Crippen LogP) is 1.38. The highest BCUT2D eigenvalue weighted by atomic mass is 16.5. The quantitative estimate of drug-likeness (QED) is 0.731. The van der Waals surface area contributed by atoms with E-state index in [1.165, 1.54) is 5.56 Å². The number of hydrogen-bond donors (Lipinski definition) is 3. The maximum Gasteiger partial charge on any atom is 0.249 e. The Labute approximate surface area is 136 Å². The molecule has 2 aliphatic rings. The van der Waals surface area contributed by atoms with E-state index >= 15 is 0 Å². The first-order chi connectivity index (χ1) is 11.2. The Morgan fingerprint density at radius 3 is 2.65 bits per heavy atom. The molecule has 6 nitrogen and oxygen atoms in total. The van der Waals surface area contributed by atoms with Crippen LogP contribution in [0.5, 0.6) is 5.75 Å². The SMILES string of the molecule is COc1cc(C2CCNCC2)ccc1NC1CCC(=O)NC1=O. The van der Waals surface area contributed by atoms with Crippen molar-refractivity contribution < 1.29 is 14.3 Å². The first kappa shape index (κ1) is 15.8. The molecule has 23 heavy (non-hydrogen) atoms. The summed E-state index contributed by atoms with van der Waals surface area (Å²) in [7, 11) is 1.64. The van der Waals surface area contributed by atoms with Crippen LogP contribution in [0.4, 0.5) is 5.69 Å². The van der Waals surface area contributed by atoms with Crippen LogP contribution in [0.2, 0.25) is 0 Å². The van der Waals surface area contributed by atoms with Crippen molar-refractivity contribution in [3.05, 3.63) is 23.8 Å². The van der Waals surface area contributed by atoms with E-state index in [2.05, 4.69) is 28.1 Å². The van der Waals surface area contributed by atoms with Crippen LogP contribution >= 0.6 is 0 Å². The fourth-order valence-corrected chi connectivity index (χ4v) is 3.26. The highest BCUT2D eigenvalue weighted by Crippen LogP contribution is 2.33. The summed E-state index contributed by atoms with van der Waals surface area (Å²) in [5, 5.41) is 8.93. The van der Waals surface area contributed by atoms with Crippen molar-refractivity contribution >= 4 is 17.5 Å². The molecule has 2 saturated heterocycles. The second kappa shape index (κ2) is 7.00. The molecule has 2 amide bonds. The Bertz CT molecular complexity index is 597. The zero-order valence-corrected chi connectivity index (χ0v) is 13.4. The van der Waals surface area contributed by atoms with E-state index in [-0.39, 0.29) is 11.8 Å². The number of ether oxygens (including phenoxy) is 1. The third-order valence-corrected chi connectivity index (χ3v) is 4.61. The molecule has 6 heteroatoms. The van der Waals surface area contributed by atoms with Crippen molar-refractivity contribution in [2.45, 2.75) is 37.6 Å². The van der Waals surface area contributed by atoms with Crippen LogP contribution in [0.25, 0.3) is 0 Å². The minimum atomic E-state index is -0.397. The molecule has 1 unspecified atom stereocenters. The van der Waals surface area contributed by atoms with Gasteiger partial charge in [-0.15, -0.1) is 0 Å². The summed E-state index contributed by atoms with van der Waals surface area (Å²) in [5.74, 6) is 0.813. The van der Waals surface area contributed by atoms with Gasteiger partial charge in [0.25, 0.3) is 0 Å². The summed E-state index contributed by atoms with van der Waals surface area (Å²) < 4.78 is 5.50. The minimum Gasteiger partial charge on any atom is -0.495 e. The Kier molecular flexibility index (Phi) is 4.81. The van der Waals surface area contributed by atoms with Gasteiger partial charge in [-0.05, 0) is 56.0 Å². The second-order valence-corrected chi connectivity index (χ2v) is 6.13. The zero-order chi connectivity index (χ0) is 16.2. The topological polar surface area (TPSA) is 79.5 Å². The lowest BCUT2D eigenvalue weighted by molar-refractivity contribution is -0.133. The van der Waals surface area contributed by atoms with E-state index in [1.807, 2.05) is 6.07 Å². The number of nitrogens with one attached hydrogen (secondary N) is 3. The molecule has 3 rings (SSSR count). The number of rotatable bonds is 4. The summed E-state index contributed by atoms with van der Waals surface area (Å²) in [4.78, 5) is 23.1. The molecule has 0 radical (unpaired) electrons. The van der Waals surface area contributed by atoms with E-state index < -0.39 is 6.04 Å². The van der Waals surface area contributed by atoms with Gasteiger partial charge in [0, 0.05) is 6.42 Å². The third kappa shape index (κ3) is 3.64. The third-order valence-electron chi connectivity index (χ3n) is 4.61. The van der Waals surface area contributed by atoms with Gasteiger partial charge < -0.3 is 15.4 Å². The number of imide groups is 1. The van der Waals surface area contributed by atoms with Crippen molar-refractivity contribution in [1.29, 1.82) is 0 Å². The van der Waals surface area contributed by atoms with Crippen LogP contribution in [0.3, 0.4) is 0 Å². The molecule has 2 fully saturated rings. The molecule has 3 N–H and O–H groups in total. The van der Waals surface area contributed by atoms with Crippen LogP contribution in [0.15, 0.2) is 18.2 Å². The average Bonchev–Trinajstić information content (AvgIpc) is 2.58. The largest absolute Gasteiger partial charge is 0.495 e. The fraction of sp³-hybridized carbons (Fsp3) is 0.529. The monoisotopic (exact) mass is 317 g/mol. The van der Waals surface area contributed by atoms with Crippen LogP contribution in [0.1, 0.15) is 37.2 Å². The average molecular weight is 317 g/mol. The van der Waals surface area contributed by atoms with E-state index in [0.717, 1.165) is 37.4 Å². The Morgan fingerprint density at radius 1 is 1.17 bits per heavy atom. The summed E-state index contributed by atoms with van der Waals surface area (Å²) in [6.07, 6.45) is 3.12. The number of hydrogen-bond acceptors (Lipinski definition) is 5. The van der Waals surface area contributed by atoms with E-state index in [1.54, 1.807) is 7.11 Å². The second-order valence-electron chi connectivity index (χ2n) is 6.13. The van der Waals surface area contributed by atoms with Gasteiger partial charge in [-0.3, -0.25) is 14.9 Å². The molecular weight excluding hydrogens is 294 g/mol. The molecular formula is C17H23N3O3. The van der Waals surface area contributed by atoms with Gasteiger partial charge in [-0.25, -0.2) is 0 Å². The van der Waals surface area contributed by atoms with Crippen molar-refractivity contribution in [2.24, 2.45) is 0 Å². The number of piperidine rings is 2. The number of amides is 2. The highest BCUT2D eigenvalue weighted by Gasteiger charge is 2.27. The van der Waals surface area contributed by atoms with Crippen LogP contribution in [0, 0.1) is 0 Å². The first-order valence-electron chi connectivity index (χ1n) is 8.16. The van der Waals surface area contributed by atoms with E-state index in [9.17, 15) is 9.59 Å². The molecule has 124 valence electrons. The number of anilines is 1.